The average molecular weight is 265 g/mol. The van der Waals surface area contributed by atoms with E-state index < -0.39 is 21.5 Å². The first-order valence-corrected chi connectivity index (χ1v) is 6.63. The summed E-state index contributed by atoms with van der Waals surface area (Å²) in [5.41, 5.74) is 0. The molecule has 0 aliphatic carbocycles. The quantitative estimate of drug-likeness (QED) is 0.535. The van der Waals surface area contributed by atoms with Crippen molar-refractivity contribution in [3.8, 4) is 0 Å². The molecule has 0 atom stereocenters. The molecule has 0 fully saturated rings. The predicted molar refractivity (Wildman–Crippen MR) is 42.7 cm³/mol. The maximum atomic E-state index is 10.6. The van der Waals surface area contributed by atoms with Crippen LogP contribution in [0.4, 0.5) is 0 Å². The molecule has 0 aliphatic heterocycles. The summed E-state index contributed by atoms with van der Waals surface area (Å²) in [6.45, 7) is 2.12. The van der Waals surface area contributed by atoms with Gasteiger partial charge in [0.05, 0.1) is 0 Å². The van der Waals surface area contributed by atoms with Gasteiger partial charge in [-0.25, -0.2) is 0 Å². The van der Waals surface area contributed by atoms with Gasteiger partial charge >= 0.3 is 77.5 Å². The van der Waals surface area contributed by atoms with Crippen molar-refractivity contribution in [2.45, 2.75) is 39.0 Å². The molecule has 0 radical (unpaired) electrons. The molecule has 0 saturated heterocycles. The van der Waals surface area contributed by atoms with Crippen molar-refractivity contribution < 1.29 is 10.9 Å². The summed E-state index contributed by atoms with van der Waals surface area (Å²) in [5, 5.41) is 0. The summed E-state index contributed by atoms with van der Waals surface area (Å²) in [6, 6.07) is 0. The van der Waals surface area contributed by atoms with Gasteiger partial charge in [-0.3, -0.25) is 0 Å². The van der Waals surface area contributed by atoms with Gasteiger partial charge in [0.1, 0.15) is 0 Å². The van der Waals surface area contributed by atoms with Crippen molar-refractivity contribution in [2.24, 2.45) is 0 Å². The molecule has 0 aliphatic rings. The zero-order valence-corrected chi connectivity index (χ0v) is 10.1. The molecule has 0 aromatic rings. The van der Waals surface area contributed by atoms with Gasteiger partial charge in [0, 0.05) is 0 Å². The summed E-state index contributed by atoms with van der Waals surface area (Å²) in [6.07, 6.45) is 4.70. The van der Waals surface area contributed by atoms with Crippen molar-refractivity contribution in [3.05, 3.63) is 0 Å². The molecule has 11 heavy (non-hydrogen) atoms. The van der Waals surface area contributed by atoms with Crippen molar-refractivity contribution in [3.63, 3.8) is 0 Å². The van der Waals surface area contributed by atoms with Crippen LogP contribution in [-0.4, -0.2) is 27.5 Å². The fourth-order valence-electron chi connectivity index (χ4n) is 0.809. The zero-order valence-electron chi connectivity index (χ0n) is 6.84. The number of carbonyl (C=O) groups is 1. The average Bonchev–Trinajstić information content (AvgIpc) is 1.99. The monoisotopic (exact) mass is 266 g/mol. The molecule has 0 aromatic carbocycles. The Kier molecular flexibility index (Phi) is 8.22. The molecule has 64 valence electrons. The fraction of sp³-hybridized carbons (Fsp3) is 0.857. The first kappa shape index (κ1) is 11.1. The van der Waals surface area contributed by atoms with Gasteiger partial charge in [-0.05, 0) is 0 Å². The standard InChI is InChI=1S/C7H14O2.O.Sn.H/c1-2-3-4-5-6-7(8)9;;;/h2-6H2,1H3,(H,8,9);;;/q;;+1;/p-1. The number of hydrogen-bond donors (Lipinski definition) is 0. The van der Waals surface area contributed by atoms with Crippen LogP contribution >= 0.6 is 0 Å². The van der Waals surface area contributed by atoms with Crippen LogP contribution in [0.1, 0.15) is 39.0 Å². The normalized spacial score (nSPS) is 9.18. The van der Waals surface area contributed by atoms with E-state index in [1.807, 2.05) is 0 Å². The van der Waals surface area contributed by atoms with Crippen LogP contribution in [0, 0.1) is 0 Å². The molecule has 0 spiro atoms. The minimum absolute atomic E-state index is 0.280. The molecule has 0 amide bonds. The summed E-state index contributed by atoms with van der Waals surface area (Å²) in [5.74, 6) is -0.280. The van der Waals surface area contributed by atoms with E-state index in [1.165, 1.54) is 0 Å². The summed E-state index contributed by atoms with van der Waals surface area (Å²) < 4.78 is 14.4. The second kappa shape index (κ2) is 8.17. The van der Waals surface area contributed by atoms with Crippen LogP contribution in [0.3, 0.4) is 0 Å². The van der Waals surface area contributed by atoms with Crippen molar-refractivity contribution in [1.29, 1.82) is 0 Å². The molecular weight excluding hydrogens is 251 g/mol. The van der Waals surface area contributed by atoms with E-state index in [9.17, 15) is 7.87 Å². The molecule has 4 heteroatoms. The van der Waals surface area contributed by atoms with Gasteiger partial charge in [-0.2, -0.15) is 0 Å². The minimum atomic E-state index is -2.15. The third-order valence-corrected chi connectivity index (χ3v) is 2.44. The number of unbranched alkanes of at least 4 members (excludes halogenated alkanes) is 3. The second-order valence-corrected chi connectivity index (χ2v) is 3.62. The van der Waals surface area contributed by atoms with E-state index in [0.717, 1.165) is 25.7 Å². The van der Waals surface area contributed by atoms with E-state index in [1.54, 1.807) is 0 Å². The van der Waals surface area contributed by atoms with E-state index in [-0.39, 0.29) is 5.97 Å². The Balaban J connectivity index is 3.10. The zero-order chi connectivity index (χ0) is 8.53. The Hall–Kier alpha value is 0.0687. The summed E-state index contributed by atoms with van der Waals surface area (Å²) in [4.78, 5) is 10.6. The first-order valence-electron chi connectivity index (χ1n) is 3.94. The molecule has 0 saturated carbocycles. The molecule has 0 rings (SSSR count). The summed E-state index contributed by atoms with van der Waals surface area (Å²) in [7, 11) is 0. The Morgan fingerprint density at radius 1 is 1.36 bits per heavy atom. The Labute approximate surface area is 77.6 Å². The maximum absolute atomic E-state index is 10.6. The molecule has 0 unspecified atom stereocenters. The van der Waals surface area contributed by atoms with Crippen LogP contribution in [0.25, 0.3) is 0 Å². The van der Waals surface area contributed by atoms with Crippen molar-refractivity contribution in [2.75, 3.05) is 0 Å². The topological polar surface area (TPSA) is 43.4 Å². The Morgan fingerprint density at radius 3 is 2.64 bits per heavy atom. The predicted octanol–water partition coefficient (Wildman–Crippen LogP) is 1.20. The van der Waals surface area contributed by atoms with Crippen molar-refractivity contribution >= 4 is 27.5 Å². The molecular formula is C7H14O3Sn. The van der Waals surface area contributed by atoms with Crippen LogP contribution in [0.15, 0.2) is 0 Å². The van der Waals surface area contributed by atoms with Crippen LogP contribution < -0.4 is 0 Å². The van der Waals surface area contributed by atoms with Crippen LogP contribution in [0.5, 0.6) is 0 Å². The van der Waals surface area contributed by atoms with Gasteiger partial charge in [0.2, 0.25) is 0 Å². The molecule has 0 N–H and O–H groups in total. The van der Waals surface area contributed by atoms with Gasteiger partial charge in [-0.1, -0.05) is 0 Å². The summed E-state index contributed by atoms with van der Waals surface area (Å²) >= 11 is -2.15. The van der Waals surface area contributed by atoms with Crippen LogP contribution in [0.2, 0.25) is 0 Å². The van der Waals surface area contributed by atoms with Gasteiger partial charge < -0.3 is 0 Å². The molecule has 0 aromatic heterocycles. The number of hydrogen-bond acceptors (Lipinski definition) is 3. The van der Waals surface area contributed by atoms with Crippen LogP contribution in [-0.2, 0) is 10.9 Å². The third kappa shape index (κ3) is 7.97. The first-order chi connectivity index (χ1) is 5.31. The Morgan fingerprint density at radius 2 is 2.09 bits per heavy atom. The van der Waals surface area contributed by atoms with E-state index in [2.05, 4.69) is 10.00 Å². The van der Waals surface area contributed by atoms with Crippen molar-refractivity contribution in [1.82, 2.24) is 0 Å². The molecule has 0 bridgehead atoms. The van der Waals surface area contributed by atoms with E-state index in [4.69, 9.17) is 0 Å². The fourth-order valence-corrected chi connectivity index (χ4v) is 1.45. The molecule has 0 heterocycles. The Bertz CT molecular complexity index is 125. The van der Waals surface area contributed by atoms with Gasteiger partial charge in [0.15, 0.2) is 0 Å². The van der Waals surface area contributed by atoms with Gasteiger partial charge in [-0.15, -0.1) is 0 Å². The van der Waals surface area contributed by atoms with E-state index >= 15 is 0 Å². The number of carbonyl (C=O) groups excluding carboxylic acids is 1. The SMILES string of the molecule is CCCCCCC(=O)[O][SnH]=[O]. The third-order valence-electron chi connectivity index (χ3n) is 1.41. The van der Waals surface area contributed by atoms with Gasteiger partial charge in [0.25, 0.3) is 0 Å². The molecule has 3 nitrogen and oxygen atoms in total. The van der Waals surface area contributed by atoms with E-state index in [0.29, 0.717) is 6.42 Å². The number of rotatable bonds is 6. The second-order valence-electron chi connectivity index (χ2n) is 2.40.